The molecule has 2 rings (SSSR count). The fraction of sp³-hybridized carbons (Fsp3) is 0.800. The number of ether oxygens (including phenoxy) is 1. The van der Waals surface area contributed by atoms with E-state index in [2.05, 4.69) is 22.4 Å². The fourth-order valence-corrected chi connectivity index (χ4v) is 1.76. The van der Waals surface area contributed by atoms with E-state index in [1.807, 2.05) is 0 Å². The Morgan fingerprint density at radius 3 is 3.07 bits per heavy atom. The summed E-state index contributed by atoms with van der Waals surface area (Å²) in [6.07, 6.45) is 1.42. The van der Waals surface area contributed by atoms with E-state index in [0.717, 1.165) is 19.5 Å². The molecule has 0 radical (unpaired) electrons. The maximum Gasteiger partial charge on any atom is 0.242 e. The number of hydrogen-bond acceptors (Lipinski definition) is 5. The minimum atomic E-state index is 0.256. The second-order valence-electron chi connectivity index (χ2n) is 4.03. The molecular formula is C10H17N3O2. The molecular weight excluding hydrogens is 194 g/mol. The van der Waals surface area contributed by atoms with Gasteiger partial charge in [-0.2, -0.15) is 0 Å². The monoisotopic (exact) mass is 211 g/mol. The molecule has 2 heterocycles. The average Bonchev–Trinajstić information content (AvgIpc) is 2.63. The van der Waals surface area contributed by atoms with E-state index in [9.17, 15) is 0 Å². The van der Waals surface area contributed by atoms with Gasteiger partial charge in [-0.25, -0.2) is 0 Å². The summed E-state index contributed by atoms with van der Waals surface area (Å²) in [6, 6.07) is 0. The van der Waals surface area contributed by atoms with Crippen LogP contribution in [0.15, 0.2) is 4.42 Å². The molecule has 1 saturated heterocycles. The van der Waals surface area contributed by atoms with E-state index in [4.69, 9.17) is 9.15 Å². The van der Waals surface area contributed by atoms with Gasteiger partial charge in [0.2, 0.25) is 11.8 Å². The second-order valence-corrected chi connectivity index (χ2v) is 4.03. The summed E-state index contributed by atoms with van der Waals surface area (Å²) >= 11 is 0. The van der Waals surface area contributed by atoms with Gasteiger partial charge < -0.3 is 14.5 Å². The van der Waals surface area contributed by atoms with Crippen molar-refractivity contribution < 1.29 is 9.15 Å². The molecule has 1 fully saturated rings. The lowest BCUT2D eigenvalue weighted by Gasteiger charge is -2.28. The van der Waals surface area contributed by atoms with Crippen LogP contribution in [0.4, 0.5) is 0 Å². The van der Waals surface area contributed by atoms with Crippen LogP contribution < -0.4 is 5.32 Å². The smallest absolute Gasteiger partial charge is 0.242 e. The molecule has 1 aliphatic heterocycles. The first-order valence-electron chi connectivity index (χ1n) is 5.37. The van der Waals surface area contributed by atoms with E-state index in [0.29, 0.717) is 24.3 Å². The summed E-state index contributed by atoms with van der Waals surface area (Å²) in [7, 11) is 0. The lowest BCUT2D eigenvalue weighted by Crippen LogP contribution is -2.40. The number of aryl methyl sites for hydroxylation is 1. The summed E-state index contributed by atoms with van der Waals surface area (Å²) in [6.45, 7) is 6.40. The van der Waals surface area contributed by atoms with E-state index in [-0.39, 0.29) is 6.10 Å². The maximum absolute atomic E-state index is 5.74. The average molecular weight is 211 g/mol. The molecule has 1 N–H and O–H groups in total. The van der Waals surface area contributed by atoms with Crippen LogP contribution in [0, 0.1) is 12.8 Å². The van der Waals surface area contributed by atoms with Crippen LogP contribution in [0.2, 0.25) is 0 Å². The maximum atomic E-state index is 5.74. The van der Waals surface area contributed by atoms with Crippen LogP contribution in [-0.2, 0) is 11.3 Å². The normalized spacial score (nSPS) is 26.8. The molecule has 1 aromatic heterocycles. The van der Waals surface area contributed by atoms with E-state index >= 15 is 0 Å². The quantitative estimate of drug-likeness (QED) is 0.804. The Morgan fingerprint density at radius 2 is 2.40 bits per heavy atom. The van der Waals surface area contributed by atoms with Crippen molar-refractivity contribution in [1.29, 1.82) is 0 Å². The van der Waals surface area contributed by atoms with Crippen LogP contribution in [-0.4, -0.2) is 29.4 Å². The molecule has 0 aliphatic carbocycles. The summed E-state index contributed by atoms with van der Waals surface area (Å²) < 4.78 is 11.0. The second kappa shape index (κ2) is 4.72. The van der Waals surface area contributed by atoms with Crippen LogP contribution in [0.1, 0.15) is 25.1 Å². The summed E-state index contributed by atoms with van der Waals surface area (Å²) in [5.41, 5.74) is 0. The number of hydrogen-bond donors (Lipinski definition) is 1. The highest BCUT2D eigenvalue weighted by Gasteiger charge is 2.22. The van der Waals surface area contributed by atoms with Crippen molar-refractivity contribution in [3.05, 3.63) is 11.8 Å². The number of nitrogens with one attached hydrogen (secondary N) is 1. The predicted octanol–water partition coefficient (Wildman–Crippen LogP) is 0.893. The van der Waals surface area contributed by atoms with Crippen molar-refractivity contribution in [3.8, 4) is 0 Å². The Morgan fingerprint density at radius 1 is 1.53 bits per heavy atom. The number of rotatable bonds is 3. The third-order valence-corrected chi connectivity index (χ3v) is 2.75. The first-order valence-corrected chi connectivity index (χ1v) is 5.37. The van der Waals surface area contributed by atoms with Crippen LogP contribution in [0.25, 0.3) is 0 Å². The Bertz CT molecular complexity index is 313. The van der Waals surface area contributed by atoms with Gasteiger partial charge in [0.1, 0.15) is 6.61 Å². The molecule has 5 nitrogen and oxygen atoms in total. The molecule has 1 aliphatic rings. The largest absolute Gasteiger partial charge is 0.423 e. The van der Waals surface area contributed by atoms with E-state index in [1.165, 1.54) is 0 Å². The van der Waals surface area contributed by atoms with Crippen LogP contribution in [0.5, 0.6) is 0 Å². The third-order valence-electron chi connectivity index (χ3n) is 2.75. The summed E-state index contributed by atoms with van der Waals surface area (Å²) in [5.74, 6) is 1.74. The first-order chi connectivity index (χ1) is 7.25. The zero-order valence-electron chi connectivity index (χ0n) is 9.19. The van der Waals surface area contributed by atoms with Crippen molar-refractivity contribution >= 4 is 0 Å². The Kier molecular flexibility index (Phi) is 3.33. The van der Waals surface area contributed by atoms with Crippen molar-refractivity contribution in [2.45, 2.75) is 33.0 Å². The summed E-state index contributed by atoms with van der Waals surface area (Å²) in [5, 5.41) is 11.0. The SMILES string of the molecule is Cc1nnc(COC2CNCCC2C)o1. The van der Waals surface area contributed by atoms with Crippen molar-refractivity contribution in [2.24, 2.45) is 5.92 Å². The Labute approximate surface area is 89.2 Å². The van der Waals surface area contributed by atoms with Crippen molar-refractivity contribution in [2.75, 3.05) is 13.1 Å². The topological polar surface area (TPSA) is 60.2 Å². The first kappa shape index (κ1) is 10.6. The molecule has 2 unspecified atom stereocenters. The molecule has 0 bridgehead atoms. The van der Waals surface area contributed by atoms with Crippen LogP contribution in [0.3, 0.4) is 0 Å². The van der Waals surface area contributed by atoms with Crippen molar-refractivity contribution in [1.82, 2.24) is 15.5 Å². The van der Waals surface area contributed by atoms with Gasteiger partial charge in [-0.1, -0.05) is 6.92 Å². The third kappa shape index (κ3) is 2.76. The predicted molar refractivity (Wildman–Crippen MR) is 54.3 cm³/mol. The van der Waals surface area contributed by atoms with Gasteiger partial charge in [0.05, 0.1) is 6.10 Å². The van der Waals surface area contributed by atoms with Gasteiger partial charge in [0.15, 0.2) is 0 Å². The minimum absolute atomic E-state index is 0.256. The zero-order valence-corrected chi connectivity index (χ0v) is 9.19. The lowest BCUT2D eigenvalue weighted by atomic mass is 9.97. The zero-order chi connectivity index (χ0) is 10.7. The highest BCUT2D eigenvalue weighted by Crippen LogP contribution is 2.16. The molecule has 2 atom stereocenters. The number of aromatic nitrogens is 2. The molecule has 1 aromatic rings. The summed E-state index contributed by atoms with van der Waals surface area (Å²) in [4.78, 5) is 0. The Hall–Kier alpha value is -0.940. The molecule has 15 heavy (non-hydrogen) atoms. The fourth-order valence-electron chi connectivity index (χ4n) is 1.76. The minimum Gasteiger partial charge on any atom is -0.423 e. The Balaban J connectivity index is 1.81. The van der Waals surface area contributed by atoms with Gasteiger partial charge in [-0.05, 0) is 18.9 Å². The van der Waals surface area contributed by atoms with E-state index in [1.54, 1.807) is 6.92 Å². The molecule has 0 saturated carbocycles. The number of piperidine rings is 1. The molecule has 5 heteroatoms. The molecule has 0 aromatic carbocycles. The standard InChI is InChI=1S/C10H17N3O2/c1-7-3-4-11-5-9(7)14-6-10-13-12-8(2)15-10/h7,9,11H,3-6H2,1-2H3. The van der Waals surface area contributed by atoms with Gasteiger partial charge in [0, 0.05) is 13.5 Å². The van der Waals surface area contributed by atoms with Crippen LogP contribution >= 0.6 is 0 Å². The van der Waals surface area contributed by atoms with Crippen molar-refractivity contribution in [3.63, 3.8) is 0 Å². The van der Waals surface area contributed by atoms with Gasteiger partial charge >= 0.3 is 0 Å². The van der Waals surface area contributed by atoms with Gasteiger partial charge in [-0.15, -0.1) is 10.2 Å². The lowest BCUT2D eigenvalue weighted by molar-refractivity contribution is -0.0155. The van der Waals surface area contributed by atoms with Gasteiger partial charge in [-0.3, -0.25) is 0 Å². The molecule has 84 valence electrons. The highest BCUT2D eigenvalue weighted by molar-refractivity contribution is 4.79. The highest BCUT2D eigenvalue weighted by atomic mass is 16.5. The van der Waals surface area contributed by atoms with Gasteiger partial charge in [0.25, 0.3) is 0 Å². The van der Waals surface area contributed by atoms with E-state index < -0.39 is 0 Å². The molecule has 0 spiro atoms. The number of nitrogens with zero attached hydrogens (tertiary/aromatic N) is 2. The molecule has 0 amide bonds.